The molecule has 0 bridgehead atoms. The molecule has 9 nitrogen and oxygen atoms in total. The number of nitrogens with zero attached hydrogens (tertiary/aromatic N) is 2. The third-order valence-corrected chi connectivity index (χ3v) is 10.2. The summed E-state index contributed by atoms with van der Waals surface area (Å²) >= 11 is 27.0. The van der Waals surface area contributed by atoms with Gasteiger partial charge >= 0.3 is 0 Å². The van der Waals surface area contributed by atoms with Crippen LogP contribution < -0.4 is 25.8 Å². The van der Waals surface area contributed by atoms with Crippen molar-refractivity contribution in [1.29, 1.82) is 0 Å². The first kappa shape index (κ1) is 39.3. The number of amides is 3. The number of aliphatic imine (C=N–C) groups is 1. The standard InChI is InChI=1S/C38H37Cl4N5O4S/c1-7-30(51-31-15-8-20(2)16-21(31)3)35(48)43-23-9-12-25(13-10-23)52-33-34(46-47(36(33)49)32-27(41)17-22(39)18-28(32)42)45-29-19-24(11-14-26(29)40)44-37(50)38(4,5)6/h8-19,30,33H,7H2,1-6H3,(H,43,48)(H,44,50)(H,45,46). The van der Waals surface area contributed by atoms with Gasteiger partial charge in [0.1, 0.15) is 22.5 Å². The minimum atomic E-state index is -0.900. The van der Waals surface area contributed by atoms with Gasteiger partial charge in [-0.05, 0) is 86.5 Å². The molecular formula is C38H37Cl4N5O4S. The SMILES string of the molecule is CCC(Oc1ccc(C)cc1C)C(=O)Nc1ccc(SC2C(=O)N(c3c(Cl)cc(Cl)cc3Cl)NC2=Nc2cc(NC(=O)C(C)(C)C)ccc2Cl)cc1. The zero-order chi connectivity index (χ0) is 37.9. The summed E-state index contributed by atoms with van der Waals surface area (Å²) in [6.45, 7) is 11.3. The largest absolute Gasteiger partial charge is 0.480 e. The normalized spacial score (nSPS) is 15.7. The molecule has 2 unspecified atom stereocenters. The van der Waals surface area contributed by atoms with E-state index in [4.69, 9.17) is 56.1 Å². The van der Waals surface area contributed by atoms with Crippen molar-refractivity contribution < 1.29 is 19.1 Å². The van der Waals surface area contributed by atoms with E-state index in [9.17, 15) is 14.4 Å². The second kappa shape index (κ2) is 16.4. The van der Waals surface area contributed by atoms with Gasteiger partial charge < -0.3 is 15.4 Å². The lowest BCUT2D eigenvalue weighted by Gasteiger charge is -2.19. The van der Waals surface area contributed by atoms with E-state index < -0.39 is 22.7 Å². The fourth-order valence-electron chi connectivity index (χ4n) is 5.07. The zero-order valence-electron chi connectivity index (χ0n) is 29.2. The Bertz CT molecular complexity index is 2030. The highest BCUT2D eigenvalue weighted by Crippen LogP contribution is 2.40. The molecule has 14 heteroatoms. The number of anilines is 3. The van der Waals surface area contributed by atoms with Crippen LogP contribution in [0.3, 0.4) is 0 Å². The summed E-state index contributed by atoms with van der Waals surface area (Å²) in [5, 5.41) is 7.04. The highest BCUT2D eigenvalue weighted by molar-refractivity contribution is 8.01. The summed E-state index contributed by atoms with van der Waals surface area (Å²) in [5.41, 5.74) is 6.05. The molecule has 4 aromatic carbocycles. The van der Waals surface area contributed by atoms with Crippen molar-refractivity contribution in [2.24, 2.45) is 10.4 Å². The lowest BCUT2D eigenvalue weighted by molar-refractivity contribution is -0.123. The molecule has 1 saturated heterocycles. The molecule has 2 atom stereocenters. The Morgan fingerprint density at radius 3 is 2.17 bits per heavy atom. The van der Waals surface area contributed by atoms with Crippen molar-refractivity contribution >= 4 is 104 Å². The number of rotatable bonds is 10. The molecule has 0 saturated carbocycles. The number of aryl methyl sites for hydroxylation is 2. The second-order valence-corrected chi connectivity index (χ2v) is 16.0. The fourth-order valence-corrected chi connectivity index (χ4v) is 7.21. The summed E-state index contributed by atoms with van der Waals surface area (Å²) < 4.78 is 6.05. The van der Waals surface area contributed by atoms with Crippen LogP contribution in [0.5, 0.6) is 5.75 Å². The monoisotopic (exact) mass is 799 g/mol. The van der Waals surface area contributed by atoms with Gasteiger partial charge in [-0.1, -0.05) is 91.8 Å². The number of benzene rings is 4. The van der Waals surface area contributed by atoms with Gasteiger partial charge in [0.05, 0.1) is 20.8 Å². The van der Waals surface area contributed by atoms with Crippen LogP contribution in [0, 0.1) is 19.3 Å². The molecule has 0 radical (unpaired) electrons. The third kappa shape index (κ3) is 9.35. The van der Waals surface area contributed by atoms with Crippen LogP contribution >= 0.6 is 58.2 Å². The molecule has 1 aliphatic heterocycles. The number of hydrazine groups is 1. The van der Waals surface area contributed by atoms with Crippen molar-refractivity contribution in [3.63, 3.8) is 0 Å². The Morgan fingerprint density at radius 2 is 1.56 bits per heavy atom. The Kier molecular flexibility index (Phi) is 12.4. The number of hydrogen-bond donors (Lipinski definition) is 3. The lowest BCUT2D eigenvalue weighted by atomic mass is 9.95. The number of ether oxygens (including phenoxy) is 1. The van der Waals surface area contributed by atoms with E-state index in [2.05, 4.69) is 16.1 Å². The number of carbonyl (C=O) groups is 3. The summed E-state index contributed by atoms with van der Waals surface area (Å²) in [7, 11) is 0. The van der Waals surface area contributed by atoms with Gasteiger partial charge in [-0.3, -0.25) is 19.8 Å². The fraction of sp³-hybridized carbons (Fsp3) is 0.263. The quantitative estimate of drug-likeness (QED) is 0.147. The first-order valence-electron chi connectivity index (χ1n) is 16.3. The minimum absolute atomic E-state index is 0.153. The van der Waals surface area contributed by atoms with Crippen molar-refractivity contribution in [2.45, 2.75) is 64.2 Å². The highest BCUT2D eigenvalue weighted by atomic mass is 35.5. The van der Waals surface area contributed by atoms with Gasteiger partial charge in [0.15, 0.2) is 6.10 Å². The first-order valence-corrected chi connectivity index (χ1v) is 18.7. The zero-order valence-corrected chi connectivity index (χ0v) is 33.1. The molecule has 4 aromatic rings. The number of nitrogens with one attached hydrogen (secondary N) is 3. The number of amidine groups is 1. The van der Waals surface area contributed by atoms with Gasteiger partial charge in [0, 0.05) is 26.7 Å². The molecular weight excluding hydrogens is 764 g/mol. The Hall–Kier alpha value is -3.93. The van der Waals surface area contributed by atoms with Gasteiger partial charge in [0.25, 0.3) is 11.8 Å². The van der Waals surface area contributed by atoms with Crippen LogP contribution in [0.2, 0.25) is 20.1 Å². The molecule has 52 heavy (non-hydrogen) atoms. The molecule has 1 fully saturated rings. The number of hydrogen-bond acceptors (Lipinski definition) is 6. The minimum Gasteiger partial charge on any atom is -0.480 e. The smallest absolute Gasteiger partial charge is 0.267 e. The predicted molar refractivity (Wildman–Crippen MR) is 214 cm³/mol. The number of halogens is 4. The molecule has 3 amide bonds. The Labute approximate surface area is 327 Å². The maximum absolute atomic E-state index is 14.1. The van der Waals surface area contributed by atoms with E-state index in [0.717, 1.165) is 11.1 Å². The first-order chi connectivity index (χ1) is 24.5. The molecule has 0 aromatic heterocycles. The van der Waals surface area contributed by atoms with Crippen LogP contribution in [-0.4, -0.2) is 34.9 Å². The van der Waals surface area contributed by atoms with E-state index in [1.807, 2.05) is 39.0 Å². The van der Waals surface area contributed by atoms with Crippen molar-refractivity contribution in [2.75, 3.05) is 15.6 Å². The number of carbonyl (C=O) groups excluding carboxylic acids is 3. The van der Waals surface area contributed by atoms with Crippen molar-refractivity contribution in [1.82, 2.24) is 5.43 Å². The molecule has 0 aliphatic carbocycles. The van der Waals surface area contributed by atoms with Crippen molar-refractivity contribution in [3.8, 4) is 5.75 Å². The number of thioether (sulfide) groups is 1. The van der Waals surface area contributed by atoms with Crippen LogP contribution in [0.1, 0.15) is 45.2 Å². The molecule has 272 valence electrons. The van der Waals surface area contributed by atoms with Crippen LogP contribution in [0.15, 0.2) is 82.7 Å². The summed E-state index contributed by atoms with van der Waals surface area (Å²) in [6.07, 6.45) is -0.221. The molecule has 5 rings (SSSR count). The van der Waals surface area contributed by atoms with E-state index in [-0.39, 0.29) is 33.4 Å². The predicted octanol–water partition coefficient (Wildman–Crippen LogP) is 10.4. The van der Waals surface area contributed by atoms with Crippen LogP contribution in [0.4, 0.5) is 22.7 Å². The third-order valence-electron chi connectivity index (χ3n) is 7.89. The van der Waals surface area contributed by atoms with E-state index in [1.165, 1.54) is 28.9 Å². The van der Waals surface area contributed by atoms with Gasteiger partial charge in [-0.25, -0.2) is 10.0 Å². The average molecular weight is 802 g/mol. The summed E-state index contributed by atoms with van der Waals surface area (Å²) in [6, 6.07) is 20.8. The maximum atomic E-state index is 14.1. The Balaban J connectivity index is 1.40. The second-order valence-electron chi connectivity index (χ2n) is 13.2. The molecule has 1 heterocycles. The van der Waals surface area contributed by atoms with Crippen molar-refractivity contribution in [3.05, 3.63) is 104 Å². The van der Waals surface area contributed by atoms with Gasteiger partial charge in [0.2, 0.25) is 5.91 Å². The lowest BCUT2D eigenvalue weighted by Crippen LogP contribution is -2.36. The topological polar surface area (TPSA) is 112 Å². The van der Waals surface area contributed by atoms with E-state index >= 15 is 0 Å². The Morgan fingerprint density at radius 1 is 0.904 bits per heavy atom. The molecule has 3 N–H and O–H groups in total. The van der Waals surface area contributed by atoms with Gasteiger partial charge in [-0.2, -0.15) is 0 Å². The summed E-state index contributed by atoms with van der Waals surface area (Å²) in [5.74, 6) is 0.0232. The molecule has 1 aliphatic rings. The van der Waals surface area contributed by atoms with E-state index in [1.54, 1.807) is 63.2 Å². The average Bonchev–Trinajstić information content (AvgIpc) is 3.35. The van der Waals surface area contributed by atoms with Crippen LogP contribution in [0.25, 0.3) is 0 Å². The van der Waals surface area contributed by atoms with Gasteiger partial charge in [-0.15, -0.1) is 11.8 Å². The highest BCUT2D eigenvalue weighted by Gasteiger charge is 2.41. The summed E-state index contributed by atoms with van der Waals surface area (Å²) in [4.78, 5) is 45.4. The van der Waals surface area contributed by atoms with Crippen LogP contribution in [-0.2, 0) is 14.4 Å². The van der Waals surface area contributed by atoms with E-state index in [0.29, 0.717) is 44.2 Å². The maximum Gasteiger partial charge on any atom is 0.267 e. The molecule has 0 spiro atoms.